The number of amides is 1. The molecule has 1 amide bonds. The number of anilines is 2. The number of fused-ring (bicyclic) bond motifs is 1. The van der Waals surface area contributed by atoms with Crippen LogP contribution in [0, 0.1) is 11.3 Å². The molecule has 0 unspecified atom stereocenters. The number of pyridine rings is 1. The molecule has 2 aromatic heterocycles. The molecule has 0 atom stereocenters. The Morgan fingerprint density at radius 1 is 1.36 bits per heavy atom. The molecule has 2 heterocycles. The van der Waals surface area contributed by atoms with Crippen molar-refractivity contribution >= 4 is 39.0 Å². The molecule has 3 rings (SSSR count). The van der Waals surface area contributed by atoms with Crippen LogP contribution in [0.4, 0.5) is 11.5 Å². The fourth-order valence-corrected chi connectivity index (χ4v) is 3.80. The molecule has 1 fully saturated rings. The molecule has 5 N–H and O–H groups in total. The van der Waals surface area contributed by atoms with Gasteiger partial charge in [0.2, 0.25) is 0 Å². The van der Waals surface area contributed by atoms with Gasteiger partial charge in [0.05, 0.1) is 11.3 Å². The molecule has 6 nitrogen and oxygen atoms in total. The van der Waals surface area contributed by atoms with Crippen molar-refractivity contribution in [1.29, 1.82) is 5.26 Å². The molecule has 22 heavy (non-hydrogen) atoms. The monoisotopic (exact) mass is 315 g/mol. The van der Waals surface area contributed by atoms with Gasteiger partial charge < -0.3 is 16.8 Å². The lowest BCUT2D eigenvalue weighted by Gasteiger charge is -2.22. The zero-order valence-corrected chi connectivity index (χ0v) is 12.9. The molecule has 114 valence electrons. The largest absolute Gasteiger partial charge is 0.397 e. The molecule has 1 saturated carbocycles. The van der Waals surface area contributed by atoms with E-state index in [4.69, 9.17) is 16.7 Å². The molecule has 0 radical (unpaired) electrons. The van der Waals surface area contributed by atoms with Crippen LogP contribution >= 0.6 is 11.3 Å². The summed E-state index contributed by atoms with van der Waals surface area (Å²) in [5.74, 6) is -0.0000298. The number of thiophene rings is 1. The van der Waals surface area contributed by atoms with Crippen molar-refractivity contribution in [3.05, 3.63) is 16.5 Å². The standard InChI is InChI=1S/C15H17N5OS/c16-7-8-6-10-11(17)12(22-15(10)20-13(8)18)14(21)19-9-4-2-1-3-5-9/h6,9H,1-5,17H2,(H2,18,20)(H,19,21). The predicted molar refractivity (Wildman–Crippen MR) is 87.5 cm³/mol. The van der Waals surface area contributed by atoms with Crippen molar-refractivity contribution in [1.82, 2.24) is 10.3 Å². The molecule has 0 aliphatic heterocycles. The summed E-state index contributed by atoms with van der Waals surface area (Å²) in [7, 11) is 0. The number of nitrogens with two attached hydrogens (primary N) is 2. The maximum absolute atomic E-state index is 12.4. The fraction of sp³-hybridized carbons (Fsp3) is 0.400. The van der Waals surface area contributed by atoms with Gasteiger partial charge in [0.25, 0.3) is 5.91 Å². The van der Waals surface area contributed by atoms with Gasteiger partial charge in [-0.1, -0.05) is 19.3 Å². The molecule has 1 aliphatic rings. The number of nitrogen functional groups attached to an aromatic ring is 2. The van der Waals surface area contributed by atoms with Gasteiger partial charge in [-0.15, -0.1) is 11.3 Å². The number of nitrogens with one attached hydrogen (secondary N) is 1. The highest BCUT2D eigenvalue weighted by Gasteiger charge is 2.22. The number of rotatable bonds is 2. The van der Waals surface area contributed by atoms with Gasteiger partial charge in [-0.2, -0.15) is 5.26 Å². The highest BCUT2D eigenvalue weighted by molar-refractivity contribution is 7.21. The minimum Gasteiger partial charge on any atom is -0.397 e. The first-order chi connectivity index (χ1) is 10.6. The van der Waals surface area contributed by atoms with Crippen LogP contribution in [-0.2, 0) is 0 Å². The summed E-state index contributed by atoms with van der Waals surface area (Å²) in [6.07, 6.45) is 5.56. The zero-order chi connectivity index (χ0) is 15.7. The summed E-state index contributed by atoms with van der Waals surface area (Å²) in [6.45, 7) is 0. The van der Waals surface area contributed by atoms with Gasteiger partial charge in [-0.05, 0) is 18.9 Å². The number of carbonyl (C=O) groups is 1. The second-order valence-corrected chi connectivity index (χ2v) is 6.54. The van der Waals surface area contributed by atoms with Crippen LogP contribution in [0.3, 0.4) is 0 Å². The summed E-state index contributed by atoms with van der Waals surface area (Å²) in [6, 6.07) is 3.80. The average molecular weight is 315 g/mol. The van der Waals surface area contributed by atoms with Crippen molar-refractivity contribution in [2.24, 2.45) is 0 Å². The molecule has 2 aromatic rings. The Bertz CT molecular complexity index is 770. The number of nitriles is 1. The van der Waals surface area contributed by atoms with Crippen LogP contribution in [0.15, 0.2) is 6.07 Å². The second kappa shape index (κ2) is 5.81. The summed E-state index contributed by atoms with van der Waals surface area (Å²) in [4.78, 5) is 17.6. The zero-order valence-electron chi connectivity index (χ0n) is 12.1. The van der Waals surface area contributed by atoms with E-state index < -0.39 is 0 Å². The predicted octanol–water partition coefficient (Wildman–Crippen LogP) is 2.39. The Kier molecular flexibility index (Phi) is 3.86. The van der Waals surface area contributed by atoms with Crippen LogP contribution in [0.1, 0.15) is 47.3 Å². The number of hydrogen-bond donors (Lipinski definition) is 3. The molecule has 7 heteroatoms. The van der Waals surface area contributed by atoms with Crippen molar-refractivity contribution in [3.8, 4) is 6.07 Å². The van der Waals surface area contributed by atoms with Crippen LogP contribution in [0.2, 0.25) is 0 Å². The van der Waals surface area contributed by atoms with E-state index in [2.05, 4.69) is 10.3 Å². The highest BCUT2D eigenvalue weighted by Crippen LogP contribution is 2.34. The third kappa shape index (κ3) is 2.57. The lowest BCUT2D eigenvalue weighted by Crippen LogP contribution is -2.36. The molecular formula is C15H17N5OS. The van der Waals surface area contributed by atoms with E-state index in [9.17, 15) is 4.79 Å². The summed E-state index contributed by atoms with van der Waals surface area (Å²) in [5, 5.41) is 12.7. The minimum atomic E-state index is -0.163. The normalized spacial score (nSPS) is 15.6. The number of hydrogen-bond acceptors (Lipinski definition) is 6. The smallest absolute Gasteiger partial charge is 0.263 e. The average Bonchev–Trinajstić information content (AvgIpc) is 2.83. The number of aromatic nitrogens is 1. The van der Waals surface area contributed by atoms with Crippen molar-refractivity contribution in [2.45, 2.75) is 38.1 Å². The van der Waals surface area contributed by atoms with E-state index in [1.807, 2.05) is 6.07 Å². The molecule has 1 aliphatic carbocycles. The van der Waals surface area contributed by atoms with Crippen molar-refractivity contribution in [2.75, 3.05) is 11.5 Å². The minimum absolute atomic E-state index is 0.162. The molecule has 0 spiro atoms. The topological polar surface area (TPSA) is 118 Å². The lowest BCUT2D eigenvalue weighted by molar-refractivity contribution is 0.0932. The lowest BCUT2D eigenvalue weighted by atomic mass is 9.95. The van der Waals surface area contributed by atoms with Gasteiger partial charge in [-0.25, -0.2) is 4.98 Å². The maximum Gasteiger partial charge on any atom is 0.263 e. The fourth-order valence-electron chi connectivity index (χ4n) is 2.81. The Morgan fingerprint density at radius 2 is 2.09 bits per heavy atom. The van der Waals surface area contributed by atoms with Gasteiger partial charge in [-0.3, -0.25) is 4.79 Å². The van der Waals surface area contributed by atoms with Crippen LogP contribution in [-0.4, -0.2) is 16.9 Å². The Balaban J connectivity index is 1.92. The van der Waals surface area contributed by atoms with E-state index in [1.54, 1.807) is 6.07 Å². The quantitative estimate of drug-likeness (QED) is 0.786. The highest BCUT2D eigenvalue weighted by atomic mass is 32.1. The molecule has 0 saturated heterocycles. The van der Waals surface area contributed by atoms with Crippen molar-refractivity contribution in [3.63, 3.8) is 0 Å². The SMILES string of the molecule is N#Cc1cc2c(N)c(C(=O)NC3CCCCC3)sc2nc1N. The van der Waals surface area contributed by atoms with E-state index in [1.165, 1.54) is 17.8 Å². The Hall–Kier alpha value is -2.33. The van der Waals surface area contributed by atoms with Gasteiger partial charge >= 0.3 is 0 Å². The van der Waals surface area contributed by atoms with E-state index in [0.29, 0.717) is 20.8 Å². The van der Waals surface area contributed by atoms with Gasteiger partial charge in [0.1, 0.15) is 21.6 Å². The van der Waals surface area contributed by atoms with Gasteiger partial charge in [0, 0.05) is 11.4 Å². The Morgan fingerprint density at radius 3 is 2.77 bits per heavy atom. The number of nitrogens with zero attached hydrogens (tertiary/aromatic N) is 2. The Labute approximate surface area is 132 Å². The summed E-state index contributed by atoms with van der Waals surface area (Å²) >= 11 is 1.22. The van der Waals surface area contributed by atoms with Crippen LogP contribution in [0.25, 0.3) is 10.2 Å². The summed E-state index contributed by atoms with van der Waals surface area (Å²) in [5.41, 5.74) is 12.4. The molecule has 0 aromatic carbocycles. The molecule has 0 bridgehead atoms. The third-order valence-electron chi connectivity index (χ3n) is 4.02. The van der Waals surface area contributed by atoms with Crippen LogP contribution < -0.4 is 16.8 Å². The molecular weight excluding hydrogens is 298 g/mol. The number of carbonyl (C=O) groups excluding carboxylic acids is 1. The first-order valence-electron chi connectivity index (χ1n) is 7.29. The van der Waals surface area contributed by atoms with E-state index in [0.717, 1.165) is 25.7 Å². The first kappa shape index (κ1) is 14.6. The first-order valence-corrected chi connectivity index (χ1v) is 8.11. The maximum atomic E-state index is 12.4. The van der Waals surface area contributed by atoms with Gasteiger partial charge in [0.15, 0.2) is 0 Å². The van der Waals surface area contributed by atoms with E-state index in [-0.39, 0.29) is 23.3 Å². The summed E-state index contributed by atoms with van der Waals surface area (Å²) < 4.78 is 0. The second-order valence-electron chi connectivity index (χ2n) is 5.54. The van der Waals surface area contributed by atoms with Crippen molar-refractivity contribution < 1.29 is 4.79 Å². The van der Waals surface area contributed by atoms with E-state index >= 15 is 0 Å². The van der Waals surface area contributed by atoms with Crippen LogP contribution in [0.5, 0.6) is 0 Å². The third-order valence-corrected chi connectivity index (χ3v) is 5.13.